The minimum absolute atomic E-state index is 0.241. The molecule has 2 heterocycles. The molecule has 1 fully saturated rings. The molecule has 2 aliphatic rings. The number of fused-ring (bicyclic) bond motifs is 1. The van der Waals surface area contributed by atoms with Gasteiger partial charge in [0, 0.05) is 6.54 Å². The largest absolute Gasteiger partial charge is 0.494 e. The van der Waals surface area contributed by atoms with E-state index in [-0.39, 0.29) is 17.2 Å². The first-order valence-electron chi connectivity index (χ1n) is 8.84. The molecular weight excluding hydrogens is 317 g/mol. The third-order valence-corrected chi connectivity index (χ3v) is 5.14. The summed E-state index contributed by atoms with van der Waals surface area (Å²) in [6.45, 7) is 14.4. The van der Waals surface area contributed by atoms with Crippen LogP contribution in [0.25, 0.3) is 0 Å². The van der Waals surface area contributed by atoms with Crippen LogP contribution in [-0.2, 0) is 25.4 Å². The molecule has 6 heteroatoms. The fraction of sp³-hybridized carbons (Fsp3) is 0.632. The standard InChI is InChI=1S/C19H28BNO4/c1-17(2,3)23-16(22)15-14-9-8-13(10-12(14)11-21-15)20-24-18(4,5)19(6,7)25-20/h8-10,15,21H,11H2,1-7H3. The van der Waals surface area contributed by atoms with Gasteiger partial charge < -0.3 is 14.0 Å². The average Bonchev–Trinajstić information content (AvgIpc) is 2.95. The lowest BCUT2D eigenvalue weighted by atomic mass is 9.77. The molecule has 2 aliphatic heterocycles. The second-order valence-corrected chi connectivity index (χ2v) is 8.89. The van der Waals surface area contributed by atoms with Gasteiger partial charge in [-0.1, -0.05) is 18.2 Å². The molecule has 136 valence electrons. The number of hydrogen-bond donors (Lipinski definition) is 1. The van der Waals surface area contributed by atoms with E-state index in [0.29, 0.717) is 6.54 Å². The molecule has 1 saturated heterocycles. The van der Waals surface area contributed by atoms with Crippen molar-refractivity contribution < 1.29 is 18.8 Å². The van der Waals surface area contributed by atoms with Crippen molar-refractivity contribution in [2.45, 2.75) is 77.9 Å². The lowest BCUT2D eigenvalue weighted by Crippen LogP contribution is -2.41. The third kappa shape index (κ3) is 3.48. The normalized spacial score (nSPS) is 24.3. The van der Waals surface area contributed by atoms with Gasteiger partial charge in [0.15, 0.2) is 0 Å². The van der Waals surface area contributed by atoms with Gasteiger partial charge in [-0.15, -0.1) is 0 Å². The number of nitrogens with one attached hydrogen (secondary N) is 1. The lowest BCUT2D eigenvalue weighted by Gasteiger charge is -2.32. The fourth-order valence-electron chi connectivity index (χ4n) is 3.08. The Morgan fingerprint density at radius 3 is 2.36 bits per heavy atom. The third-order valence-electron chi connectivity index (χ3n) is 5.14. The Balaban J connectivity index is 1.80. The number of ether oxygens (including phenoxy) is 1. The number of carbonyl (C=O) groups is 1. The van der Waals surface area contributed by atoms with Gasteiger partial charge >= 0.3 is 13.1 Å². The van der Waals surface area contributed by atoms with Gasteiger partial charge in [0.05, 0.1) is 11.2 Å². The van der Waals surface area contributed by atoms with Gasteiger partial charge in [-0.05, 0) is 65.1 Å². The fourth-order valence-corrected chi connectivity index (χ4v) is 3.08. The minimum Gasteiger partial charge on any atom is -0.459 e. The molecule has 5 nitrogen and oxygen atoms in total. The first kappa shape index (κ1) is 18.4. The van der Waals surface area contributed by atoms with E-state index in [0.717, 1.165) is 16.6 Å². The summed E-state index contributed by atoms with van der Waals surface area (Å²) in [4.78, 5) is 12.4. The second-order valence-electron chi connectivity index (χ2n) is 8.89. The molecule has 1 unspecified atom stereocenters. The van der Waals surface area contributed by atoms with E-state index in [4.69, 9.17) is 14.0 Å². The van der Waals surface area contributed by atoms with Crippen molar-refractivity contribution in [3.63, 3.8) is 0 Å². The summed E-state index contributed by atoms with van der Waals surface area (Å²) in [6, 6.07) is 5.60. The minimum atomic E-state index is -0.496. The predicted octanol–water partition coefficient (Wildman–Crippen LogP) is 2.47. The van der Waals surface area contributed by atoms with Crippen LogP contribution in [0.5, 0.6) is 0 Å². The highest BCUT2D eigenvalue weighted by Gasteiger charge is 2.51. The van der Waals surface area contributed by atoms with Crippen molar-refractivity contribution in [1.82, 2.24) is 5.32 Å². The molecule has 0 spiro atoms. The van der Waals surface area contributed by atoms with Crippen molar-refractivity contribution in [2.75, 3.05) is 0 Å². The Morgan fingerprint density at radius 2 is 1.80 bits per heavy atom. The molecule has 1 N–H and O–H groups in total. The first-order valence-corrected chi connectivity index (χ1v) is 8.84. The molecule has 25 heavy (non-hydrogen) atoms. The van der Waals surface area contributed by atoms with Crippen LogP contribution in [0, 0.1) is 0 Å². The topological polar surface area (TPSA) is 56.8 Å². The first-order chi connectivity index (χ1) is 11.4. The maximum atomic E-state index is 12.4. The van der Waals surface area contributed by atoms with Crippen LogP contribution < -0.4 is 10.8 Å². The Bertz CT molecular complexity index is 677. The van der Waals surface area contributed by atoms with Gasteiger partial charge in [0.2, 0.25) is 0 Å². The van der Waals surface area contributed by atoms with E-state index in [1.165, 1.54) is 0 Å². The number of carbonyl (C=O) groups excluding carboxylic acids is 1. The Kier molecular flexibility index (Phi) is 4.30. The van der Waals surface area contributed by atoms with E-state index in [1.54, 1.807) is 0 Å². The highest BCUT2D eigenvalue weighted by atomic mass is 16.7. The summed E-state index contributed by atoms with van der Waals surface area (Å²) in [5.74, 6) is -0.241. The average molecular weight is 345 g/mol. The van der Waals surface area contributed by atoms with Gasteiger partial charge in [0.25, 0.3) is 0 Å². The van der Waals surface area contributed by atoms with E-state index in [1.807, 2.05) is 60.6 Å². The number of rotatable bonds is 2. The van der Waals surface area contributed by atoms with Crippen LogP contribution in [0.15, 0.2) is 18.2 Å². The molecule has 0 saturated carbocycles. The van der Waals surface area contributed by atoms with Gasteiger partial charge in [0.1, 0.15) is 11.6 Å². The maximum Gasteiger partial charge on any atom is 0.494 e. The van der Waals surface area contributed by atoms with Gasteiger partial charge in [-0.25, -0.2) is 4.79 Å². The molecular formula is C19H28BNO4. The summed E-state index contributed by atoms with van der Waals surface area (Å²) >= 11 is 0. The van der Waals surface area contributed by atoms with E-state index in [9.17, 15) is 4.79 Å². The van der Waals surface area contributed by atoms with Crippen molar-refractivity contribution in [1.29, 1.82) is 0 Å². The molecule has 0 radical (unpaired) electrons. The molecule has 0 aromatic heterocycles. The molecule has 0 bridgehead atoms. The van der Waals surface area contributed by atoms with Gasteiger partial charge in [-0.3, -0.25) is 5.32 Å². The van der Waals surface area contributed by atoms with Crippen LogP contribution in [0.2, 0.25) is 0 Å². The van der Waals surface area contributed by atoms with E-state index in [2.05, 4.69) is 11.4 Å². The SMILES string of the molecule is CC(C)(C)OC(=O)C1NCc2cc(B3OC(C)(C)C(C)(C)O3)ccc21. The molecule has 3 rings (SSSR count). The van der Waals surface area contributed by atoms with Crippen LogP contribution in [-0.4, -0.2) is 29.9 Å². The summed E-state index contributed by atoms with van der Waals surface area (Å²) in [6.07, 6.45) is 0. The summed E-state index contributed by atoms with van der Waals surface area (Å²) in [5.41, 5.74) is 1.80. The smallest absolute Gasteiger partial charge is 0.459 e. The highest BCUT2D eigenvalue weighted by Crippen LogP contribution is 2.37. The number of hydrogen-bond acceptors (Lipinski definition) is 5. The van der Waals surface area contributed by atoms with Crippen LogP contribution in [0.1, 0.15) is 65.6 Å². The molecule has 0 amide bonds. The van der Waals surface area contributed by atoms with Crippen molar-refractivity contribution in [2.24, 2.45) is 0 Å². The van der Waals surface area contributed by atoms with Gasteiger partial charge in [-0.2, -0.15) is 0 Å². The zero-order valence-electron chi connectivity index (χ0n) is 16.2. The van der Waals surface area contributed by atoms with Crippen LogP contribution in [0.4, 0.5) is 0 Å². The number of esters is 1. The van der Waals surface area contributed by atoms with E-state index >= 15 is 0 Å². The number of benzene rings is 1. The monoisotopic (exact) mass is 345 g/mol. The molecule has 0 aliphatic carbocycles. The maximum absolute atomic E-state index is 12.4. The quantitative estimate of drug-likeness (QED) is 0.659. The highest BCUT2D eigenvalue weighted by molar-refractivity contribution is 6.62. The predicted molar refractivity (Wildman–Crippen MR) is 97.6 cm³/mol. The van der Waals surface area contributed by atoms with Crippen molar-refractivity contribution >= 4 is 18.6 Å². The van der Waals surface area contributed by atoms with Crippen LogP contribution in [0.3, 0.4) is 0 Å². The summed E-state index contributed by atoms with van der Waals surface area (Å²) in [7, 11) is -0.393. The molecule has 1 atom stereocenters. The zero-order valence-corrected chi connectivity index (χ0v) is 16.2. The van der Waals surface area contributed by atoms with Crippen LogP contribution >= 0.6 is 0 Å². The van der Waals surface area contributed by atoms with Crippen molar-refractivity contribution in [3.05, 3.63) is 29.3 Å². The summed E-state index contributed by atoms with van der Waals surface area (Å²) in [5, 5.41) is 3.24. The Hall–Kier alpha value is -1.37. The van der Waals surface area contributed by atoms with E-state index < -0.39 is 18.8 Å². The Morgan fingerprint density at radius 1 is 1.20 bits per heavy atom. The molecule has 1 aromatic carbocycles. The lowest BCUT2D eigenvalue weighted by molar-refractivity contribution is -0.157. The zero-order chi connectivity index (χ0) is 18.6. The molecule has 1 aromatic rings. The second kappa shape index (κ2) is 5.83. The van der Waals surface area contributed by atoms with Crippen molar-refractivity contribution in [3.8, 4) is 0 Å². The Labute approximate surface area is 150 Å². The summed E-state index contributed by atoms with van der Waals surface area (Å²) < 4.78 is 17.7.